The number of aromatic hydroxyl groups is 1. The van der Waals surface area contributed by atoms with Crippen LogP contribution < -0.4 is 15.5 Å². The number of phenols is 1. The second-order valence-corrected chi connectivity index (χ2v) is 13.2. The Morgan fingerprint density at radius 1 is 0.976 bits per heavy atom. The average molecular weight is 573 g/mol. The zero-order valence-corrected chi connectivity index (χ0v) is 25.6. The molecule has 0 spiro atoms. The number of nitrogens with one attached hydrogen (secondary N) is 2. The zero-order chi connectivity index (χ0) is 30.1. The van der Waals surface area contributed by atoms with Gasteiger partial charge in [0.15, 0.2) is 11.6 Å². The third-order valence-electron chi connectivity index (χ3n) is 9.13. The molecule has 1 saturated heterocycles. The van der Waals surface area contributed by atoms with E-state index in [-0.39, 0.29) is 17.2 Å². The molecule has 2 aliphatic rings. The van der Waals surface area contributed by atoms with E-state index in [9.17, 15) is 14.3 Å². The van der Waals surface area contributed by atoms with Crippen LogP contribution >= 0.6 is 0 Å². The number of piperidine rings is 1. The molecule has 0 radical (unpaired) electrons. The zero-order valence-electron chi connectivity index (χ0n) is 25.6. The monoisotopic (exact) mass is 572 g/mol. The number of carbonyl (C=O) groups is 1. The van der Waals surface area contributed by atoms with Gasteiger partial charge in [0.25, 0.3) is 0 Å². The van der Waals surface area contributed by atoms with Crippen LogP contribution in [0.1, 0.15) is 77.3 Å². The van der Waals surface area contributed by atoms with Crippen LogP contribution in [0.5, 0.6) is 5.75 Å². The molecule has 3 N–H and O–H groups in total. The van der Waals surface area contributed by atoms with Crippen molar-refractivity contribution >= 4 is 28.8 Å². The van der Waals surface area contributed by atoms with Crippen LogP contribution in [0.25, 0.3) is 0 Å². The topological polar surface area (TPSA) is 67.8 Å². The number of amides is 2. The smallest absolute Gasteiger partial charge is 0.323 e. The molecule has 2 aliphatic heterocycles. The van der Waals surface area contributed by atoms with E-state index >= 15 is 0 Å². The van der Waals surface area contributed by atoms with Gasteiger partial charge in [-0.15, -0.1) is 0 Å². The summed E-state index contributed by atoms with van der Waals surface area (Å²) in [6.45, 7) is 15.1. The van der Waals surface area contributed by atoms with Crippen LogP contribution in [-0.4, -0.2) is 42.2 Å². The molecule has 5 rings (SSSR count). The number of urea groups is 1. The lowest BCUT2D eigenvalue weighted by Crippen LogP contribution is -2.38. The summed E-state index contributed by atoms with van der Waals surface area (Å²) in [5.74, 6) is -0.460. The van der Waals surface area contributed by atoms with Gasteiger partial charge in [0.1, 0.15) is 0 Å². The first-order chi connectivity index (χ1) is 20.0. The first kappa shape index (κ1) is 29.9. The van der Waals surface area contributed by atoms with Crippen LogP contribution in [-0.2, 0) is 5.41 Å². The van der Waals surface area contributed by atoms with Crippen molar-refractivity contribution in [2.75, 3.05) is 41.7 Å². The Kier molecular flexibility index (Phi) is 8.51. The summed E-state index contributed by atoms with van der Waals surface area (Å²) in [5, 5.41) is 16.8. The number of hydrogen-bond acceptors (Lipinski definition) is 4. The van der Waals surface area contributed by atoms with Gasteiger partial charge in [-0.25, -0.2) is 9.18 Å². The summed E-state index contributed by atoms with van der Waals surface area (Å²) in [5.41, 5.74) is 4.85. The SMILES string of the molecule is CCC1(CC)CN(c2ccccc2NC(=O)Nc2ccc(C3CCN(CC(C)(C)C)CC3)cc2)c2c1ccc(F)c2O. The molecule has 0 aromatic heterocycles. The Bertz CT molecular complexity index is 1400. The van der Waals surface area contributed by atoms with Crippen LogP contribution in [0.15, 0.2) is 60.7 Å². The number of carbonyl (C=O) groups excluding carboxylic acids is 1. The van der Waals surface area contributed by atoms with Crippen molar-refractivity contribution in [3.8, 4) is 5.75 Å². The molecule has 0 bridgehead atoms. The first-order valence-corrected chi connectivity index (χ1v) is 15.3. The number of halogens is 1. The van der Waals surface area contributed by atoms with Crippen LogP contribution in [0.2, 0.25) is 0 Å². The molecule has 2 amide bonds. The maximum atomic E-state index is 14.5. The van der Waals surface area contributed by atoms with E-state index < -0.39 is 5.82 Å². The largest absolute Gasteiger partial charge is 0.503 e. The van der Waals surface area contributed by atoms with Gasteiger partial charge < -0.3 is 25.5 Å². The second-order valence-electron chi connectivity index (χ2n) is 13.2. The second kappa shape index (κ2) is 12.0. The Balaban J connectivity index is 1.27. The number of phenolic OH excluding ortho intramolecular Hbond substituents is 1. The third-order valence-corrected chi connectivity index (χ3v) is 9.13. The number of para-hydroxylation sites is 2. The van der Waals surface area contributed by atoms with Crippen LogP contribution in [0.4, 0.5) is 31.9 Å². The highest BCUT2D eigenvalue weighted by Crippen LogP contribution is 2.53. The predicted octanol–water partition coefficient (Wildman–Crippen LogP) is 8.61. The van der Waals surface area contributed by atoms with Gasteiger partial charge in [-0.05, 0) is 91.6 Å². The Morgan fingerprint density at radius 3 is 2.29 bits per heavy atom. The molecule has 224 valence electrons. The molecule has 42 heavy (non-hydrogen) atoms. The lowest BCUT2D eigenvalue weighted by Gasteiger charge is -2.36. The molecule has 0 atom stereocenters. The molecule has 0 saturated carbocycles. The van der Waals surface area contributed by atoms with E-state index in [0.29, 0.717) is 34.9 Å². The van der Waals surface area contributed by atoms with Gasteiger partial charge in [0.05, 0.1) is 17.1 Å². The Labute approximate surface area is 249 Å². The number of benzene rings is 3. The normalized spacial score (nSPS) is 17.2. The van der Waals surface area contributed by atoms with E-state index in [4.69, 9.17) is 0 Å². The highest BCUT2D eigenvalue weighted by molar-refractivity contribution is 6.02. The summed E-state index contributed by atoms with van der Waals surface area (Å²) in [6, 6.07) is 18.4. The fourth-order valence-electron chi connectivity index (χ4n) is 6.82. The molecule has 3 aromatic rings. The summed E-state index contributed by atoms with van der Waals surface area (Å²) in [7, 11) is 0. The maximum Gasteiger partial charge on any atom is 0.323 e. The number of rotatable bonds is 7. The summed E-state index contributed by atoms with van der Waals surface area (Å²) in [6.07, 6.45) is 3.99. The van der Waals surface area contributed by atoms with E-state index in [1.165, 1.54) is 11.6 Å². The van der Waals surface area contributed by atoms with Crippen LogP contribution in [0.3, 0.4) is 0 Å². The summed E-state index contributed by atoms with van der Waals surface area (Å²) < 4.78 is 14.5. The molecule has 6 nitrogen and oxygen atoms in total. The minimum Gasteiger partial charge on any atom is -0.503 e. The lowest BCUT2D eigenvalue weighted by atomic mass is 9.77. The minimum atomic E-state index is -0.649. The summed E-state index contributed by atoms with van der Waals surface area (Å²) in [4.78, 5) is 17.6. The van der Waals surface area contributed by atoms with Gasteiger partial charge in [-0.2, -0.15) is 0 Å². The van der Waals surface area contributed by atoms with E-state index in [2.05, 4.69) is 62.3 Å². The van der Waals surface area contributed by atoms with E-state index in [0.717, 1.165) is 56.6 Å². The molecule has 1 fully saturated rings. The van der Waals surface area contributed by atoms with Gasteiger partial charge in [-0.3, -0.25) is 0 Å². The lowest BCUT2D eigenvalue weighted by molar-refractivity contribution is 0.154. The third kappa shape index (κ3) is 6.12. The van der Waals surface area contributed by atoms with Crippen molar-refractivity contribution in [3.05, 3.63) is 77.6 Å². The van der Waals surface area contributed by atoms with Crippen molar-refractivity contribution in [3.63, 3.8) is 0 Å². The molecular formula is C35H45FN4O2. The predicted molar refractivity (Wildman–Crippen MR) is 171 cm³/mol. The Hall–Kier alpha value is -3.58. The van der Waals surface area contributed by atoms with E-state index in [1.807, 2.05) is 41.3 Å². The maximum absolute atomic E-state index is 14.5. The molecule has 2 heterocycles. The van der Waals surface area contributed by atoms with E-state index in [1.54, 1.807) is 6.07 Å². The number of nitrogens with zero attached hydrogens (tertiary/aromatic N) is 2. The minimum absolute atomic E-state index is 0.221. The Morgan fingerprint density at radius 2 is 1.64 bits per heavy atom. The highest BCUT2D eigenvalue weighted by atomic mass is 19.1. The summed E-state index contributed by atoms with van der Waals surface area (Å²) >= 11 is 0. The molecular weight excluding hydrogens is 527 g/mol. The van der Waals surface area contributed by atoms with Gasteiger partial charge in [0.2, 0.25) is 0 Å². The number of fused-ring (bicyclic) bond motifs is 1. The fourth-order valence-corrected chi connectivity index (χ4v) is 6.82. The number of hydrogen-bond donors (Lipinski definition) is 3. The van der Waals surface area contributed by atoms with Crippen molar-refractivity contribution in [2.24, 2.45) is 5.41 Å². The fraction of sp³-hybridized carbons (Fsp3) is 0.457. The molecule has 7 heteroatoms. The molecule has 3 aromatic carbocycles. The first-order valence-electron chi connectivity index (χ1n) is 15.3. The molecule has 0 aliphatic carbocycles. The van der Waals surface area contributed by atoms with Crippen molar-refractivity contribution < 1.29 is 14.3 Å². The van der Waals surface area contributed by atoms with Gasteiger partial charge >= 0.3 is 6.03 Å². The van der Waals surface area contributed by atoms with Crippen molar-refractivity contribution in [2.45, 2.75) is 71.6 Å². The van der Waals surface area contributed by atoms with Crippen molar-refractivity contribution in [1.29, 1.82) is 0 Å². The number of likely N-dealkylation sites (tertiary alicyclic amines) is 1. The standard InChI is InChI=1S/C35H45FN4O2/c1-6-35(7-2)23-40(31-27(35)16-17-28(36)32(31)41)30-11-9-8-10-29(30)38-33(42)37-26-14-12-24(13-15-26)25-18-20-39(21-19-25)22-34(3,4)5/h8-17,25,41H,6-7,18-23H2,1-5H3,(H2,37,38,42). The molecule has 0 unspecified atom stereocenters. The number of anilines is 4. The van der Waals surface area contributed by atoms with Crippen LogP contribution in [0, 0.1) is 11.2 Å². The van der Waals surface area contributed by atoms with Crippen molar-refractivity contribution in [1.82, 2.24) is 4.90 Å². The highest BCUT2D eigenvalue weighted by Gasteiger charge is 2.43. The van der Waals surface area contributed by atoms with Gasteiger partial charge in [-0.1, -0.05) is 65.0 Å². The average Bonchev–Trinajstić information content (AvgIpc) is 3.30. The van der Waals surface area contributed by atoms with Gasteiger partial charge in [0, 0.05) is 24.2 Å². The quantitative estimate of drug-likeness (QED) is 0.265.